The Balaban J connectivity index is 2.22. The van der Waals surface area contributed by atoms with E-state index in [4.69, 9.17) is 5.73 Å². The predicted molar refractivity (Wildman–Crippen MR) is 59.1 cm³/mol. The monoisotopic (exact) mass is 195 g/mol. The molecule has 0 unspecified atom stereocenters. The van der Waals surface area contributed by atoms with Gasteiger partial charge < -0.3 is 10.3 Å². The molecule has 3 heteroatoms. The van der Waals surface area contributed by atoms with E-state index in [9.17, 15) is 0 Å². The molecule has 0 aromatic carbocycles. The van der Waals surface area contributed by atoms with Crippen LogP contribution >= 0.6 is 0 Å². The minimum atomic E-state index is 0.687. The fourth-order valence-corrected chi connectivity index (χ4v) is 1.53. The first-order valence-corrected chi connectivity index (χ1v) is 5.57. The number of aryl methyl sites for hydroxylation is 1. The van der Waals surface area contributed by atoms with Gasteiger partial charge in [-0.3, -0.25) is 0 Å². The maximum absolute atomic E-state index is 5.46. The molecule has 1 heterocycles. The van der Waals surface area contributed by atoms with Gasteiger partial charge in [-0.25, -0.2) is 4.98 Å². The van der Waals surface area contributed by atoms with E-state index >= 15 is 0 Å². The number of nitrogens with zero attached hydrogens (tertiary/aromatic N) is 2. The van der Waals surface area contributed by atoms with Crippen molar-refractivity contribution in [1.82, 2.24) is 9.55 Å². The summed E-state index contributed by atoms with van der Waals surface area (Å²) in [4.78, 5) is 4.29. The van der Waals surface area contributed by atoms with Crippen molar-refractivity contribution in [3.63, 3.8) is 0 Å². The standard InChI is InChI=1S/C11H21N3/c1-2-3-4-5-8-14-9-11(6-7-12)13-10-14/h9-10H,2-8,12H2,1H3. The SMILES string of the molecule is CCCCCCn1cnc(CCN)c1. The highest BCUT2D eigenvalue weighted by atomic mass is 15.0. The molecule has 0 bridgehead atoms. The summed E-state index contributed by atoms with van der Waals surface area (Å²) < 4.78 is 2.17. The molecule has 0 fully saturated rings. The van der Waals surface area contributed by atoms with Crippen LogP contribution in [0, 0.1) is 0 Å². The molecular weight excluding hydrogens is 174 g/mol. The fourth-order valence-electron chi connectivity index (χ4n) is 1.53. The second-order valence-electron chi connectivity index (χ2n) is 3.70. The molecule has 1 rings (SSSR count). The Labute approximate surface area is 86.3 Å². The number of aromatic nitrogens is 2. The van der Waals surface area contributed by atoms with Crippen LogP contribution < -0.4 is 5.73 Å². The Morgan fingerprint density at radius 3 is 2.93 bits per heavy atom. The highest BCUT2D eigenvalue weighted by Crippen LogP contribution is 2.03. The van der Waals surface area contributed by atoms with Crippen molar-refractivity contribution in [2.75, 3.05) is 6.54 Å². The zero-order valence-corrected chi connectivity index (χ0v) is 9.08. The number of imidazole rings is 1. The van der Waals surface area contributed by atoms with E-state index in [0.29, 0.717) is 6.54 Å². The Kier molecular flexibility index (Phi) is 5.30. The molecule has 80 valence electrons. The van der Waals surface area contributed by atoms with Crippen LogP contribution in [0.3, 0.4) is 0 Å². The molecule has 3 nitrogen and oxygen atoms in total. The van der Waals surface area contributed by atoms with Crippen LogP contribution in [0.1, 0.15) is 38.3 Å². The minimum absolute atomic E-state index is 0.687. The molecule has 0 aliphatic heterocycles. The van der Waals surface area contributed by atoms with Crippen LogP contribution in [0.2, 0.25) is 0 Å². The van der Waals surface area contributed by atoms with Gasteiger partial charge in [0.1, 0.15) is 0 Å². The summed E-state index contributed by atoms with van der Waals surface area (Å²) in [7, 11) is 0. The normalized spacial score (nSPS) is 10.7. The van der Waals surface area contributed by atoms with Crippen molar-refractivity contribution in [3.8, 4) is 0 Å². The molecule has 0 aliphatic carbocycles. The first-order valence-electron chi connectivity index (χ1n) is 5.57. The van der Waals surface area contributed by atoms with Crippen molar-refractivity contribution in [2.24, 2.45) is 5.73 Å². The summed E-state index contributed by atoms with van der Waals surface area (Å²) in [6, 6.07) is 0. The van der Waals surface area contributed by atoms with E-state index in [0.717, 1.165) is 18.7 Å². The Hall–Kier alpha value is -0.830. The van der Waals surface area contributed by atoms with Crippen LogP contribution in [-0.2, 0) is 13.0 Å². The average Bonchev–Trinajstić information content (AvgIpc) is 2.61. The van der Waals surface area contributed by atoms with Gasteiger partial charge in [-0.15, -0.1) is 0 Å². The lowest BCUT2D eigenvalue weighted by Crippen LogP contribution is -2.02. The third-order valence-electron chi connectivity index (χ3n) is 2.36. The van der Waals surface area contributed by atoms with E-state index in [1.807, 2.05) is 6.33 Å². The van der Waals surface area contributed by atoms with Gasteiger partial charge >= 0.3 is 0 Å². The predicted octanol–water partition coefficient (Wildman–Crippen LogP) is 1.96. The number of unbranched alkanes of at least 4 members (excludes halogenated alkanes) is 3. The maximum Gasteiger partial charge on any atom is 0.0949 e. The Morgan fingerprint density at radius 1 is 1.36 bits per heavy atom. The lowest BCUT2D eigenvalue weighted by Gasteiger charge is -2.00. The summed E-state index contributed by atoms with van der Waals surface area (Å²) in [6.45, 7) is 4.01. The summed E-state index contributed by atoms with van der Waals surface area (Å²) in [6.07, 6.45) is 10.1. The Morgan fingerprint density at radius 2 is 2.21 bits per heavy atom. The third-order valence-corrected chi connectivity index (χ3v) is 2.36. The zero-order valence-electron chi connectivity index (χ0n) is 9.08. The Bertz CT molecular complexity index is 242. The van der Waals surface area contributed by atoms with Crippen molar-refractivity contribution in [3.05, 3.63) is 18.2 Å². The van der Waals surface area contributed by atoms with Crippen molar-refractivity contribution in [2.45, 2.75) is 45.6 Å². The highest BCUT2D eigenvalue weighted by Gasteiger charge is 1.96. The maximum atomic E-state index is 5.46. The molecule has 0 saturated heterocycles. The summed E-state index contributed by atoms with van der Waals surface area (Å²) in [5, 5.41) is 0. The van der Waals surface area contributed by atoms with Crippen molar-refractivity contribution in [1.29, 1.82) is 0 Å². The molecule has 0 aliphatic rings. The molecule has 1 aromatic rings. The van der Waals surface area contributed by atoms with Gasteiger partial charge in [0, 0.05) is 19.2 Å². The van der Waals surface area contributed by atoms with E-state index in [-0.39, 0.29) is 0 Å². The summed E-state index contributed by atoms with van der Waals surface area (Å²) >= 11 is 0. The first-order chi connectivity index (χ1) is 6.86. The van der Waals surface area contributed by atoms with Gasteiger partial charge in [0.2, 0.25) is 0 Å². The van der Waals surface area contributed by atoms with Crippen LogP contribution in [0.15, 0.2) is 12.5 Å². The van der Waals surface area contributed by atoms with E-state index in [1.165, 1.54) is 25.7 Å². The third kappa shape index (κ3) is 3.92. The van der Waals surface area contributed by atoms with Crippen molar-refractivity contribution >= 4 is 0 Å². The summed E-state index contributed by atoms with van der Waals surface area (Å²) in [5.74, 6) is 0. The molecule has 14 heavy (non-hydrogen) atoms. The van der Waals surface area contributed by atoms with Gasteiger partial charge in [-0.2, -0.15) is 0 Å². The van der Waals surface area contributed by atoms with Crippen LogP contribution in [0.25, 0.3) is 0 Å². The number of nitrogens with two attached hydrogens (primary N) is 1. The van der Waals surface area contributed by atoms with E-state index in [1.54, 1.807) is 0 Å². The number of rotatable bonds is 7. The fraction of sp³-hybridized carbons (Fsp3) is 0.727. The van der Waals surface area contributed by atoms with Gasteiger partial charge in [-0.1, -0.05) is 26.2 Å². The number of hydrogen-bond acceptors (Lipinski definition) is 2. The van der Waals surface area contributed by atoms with Gasteiger partial charge in [0.15, 0.2) is 0 Å². The minimum Gasteiger partial charge on any atom is -0.337 e. The molecule has 0 atom stereocenters. The number of hydrogen-bond donors (Lipinski definition) is 1. The van der Waals surface area contributed by atoms with Crippen molar-refractivity contribution < 1.29 is 0 Å². The molecule has 0 amide bonds. The van der Waals surface area contributed by atoms with Gasteiger partial charge in [-0.05, 0) is 13.0 Å². The average molecular weight is 195 g/mol. The second-order valence-corrected chi connectivity index (χ2v) is 3.70. The first kappa shape index (κ1) is 11.2. The van der Waals surface area contributed by atoms with Crippen LogP contribution in [0.4, 0.5) is 0 Å². The zero-order chi connectivity index (χ0) is 10.2. The molecule has 0 saturated carbocycles. The molecular formula is C11H21N3. The largest absolute Gasteiger partial charge is 0.337 e. The van der Waals surface area contributed by atoms with Crippen LogP contribution in [-0.4, -0.2) is 16.1 Å². The molecule has 0 radical (unpaired) electrons. The van der Waals surface area contributed by atoms with Gasteiger partial charge in [0.25, 0.3) is 0 Å². The topological polar surface area (TPSA) is 43.8 Å². The lowest BCUT2D eigenvalue weighted by atomic mass is 10.2. The smallest absolute Gasteiger partial charge is 0.0949 e. The van der Waals surface area contributed by atoms with Crippen LogP contribution in [0.5, 0.6) is 0 Å². The van der Waals surface area contributed by atoms with Gasteiger partial charge in [0.05, 0.1) is 12.0 Å². The lowest BCUT2D eigenvalue weighted by molar-refractivity contribution is 0.582. The highest BCUT2D eigenvalue weighted by molar-refractivity contribution is 4.96. The second kappa shape index (κ2) is 6.60. The molecule has 1 aromatic heterocycles. The van der Waals surface area contributed by atoms with E-state index < -0.39 is 0 Å². The molecule has 2 N–H and O–H groups in total. The van der Waals surface area contributed by atoms with E-state index in [2.05, 4.69) is 22.7 Å². The quantitative estimate of drug-likeness (QED) is 0.676. The summed E-state index contributed by atoms with van der Waals surface area (Å²) in [5.41, 5.74) is 6.57. The molecule has 0 spiro atoms.